The maximum absolute atomic E-state index is 12.5. The SMILES string of the molecule is CCCCCCCCCCCCCCCCCCOC(=O)c1ccccc1C(=O)OCCC(C)S(=O)(=O)[O-].[Na+]. The maximum Gasteiger partial charge on any atom is 1.00 e. The molecular formula is C30H49NaO7S. The number of hydrogen-bond donors (Lipinski definition) is 0. The third kappa shape index (κ3) is 18.9. The van der Waals surface area contributed by atoms with Crippen LogP contribution in [0.25, 0.3) is 0 Å². The number of rotatable bonds is 23. The van der Waals surface area contributed by atoms with Gasteiger partial charge in [0.2, 0.25) is 0 Å². The second kappa shape index (κ2) is 23.7. The van der Waals surface area contributed by atoms with Crippen LogP contribution in [-0.2, 0) is 19.6 Å². The van der Waals surface area contributed by atoms with E-state index in [1.807, 2.05) is 0 Å². The smallest absolute Gasteiger partial charge is 0.748 e. The van der Waals surface area contributed by atoms with Crippen LogP contribution in [0.2, 0.25) is 0 Å². The Balaban J connectivity index is 0.0000144. The molecule has 0 aromatic heterocycles. The molecule has 0 N–H and O–H groups in total. The molecule has 218 valence electrons. The summed E-state index contributed by atoms with van der Waals surface area (Å²) in [6.07, 6.45) is 20.2. The van der Waals surface area contributed by atoms with Gasteiger partial charge in [-0.1, -0.05) is 115 Å². The molecule has 0 fully saturated rings. The van der Waals surface area contributed by atoms with E-state index < -0.39 is 27.3 Å². The Morgan fingerprint density at radius 2 is 1.05 bits per heavy atom. The molecule has 0 radical (unpaired) electrons. The van der Waals surface area contributed by atoms with Crippen molar-refractivity contribution in [3.63, 3.8) is 0 Å². The molecule has 0 saturated carbocycles. The molecule has 0 spiro atoms. The fourth-order valence-corrected chi connectivity index (χ4v) is 4.66. The molecule has 1 unspecified atom stereocenters. The van der Waals surface area contributed by atoms with Crippen molar-refractivity contribution < 1.29 is 61.6 Å². The van der Waals surface area contributed by atoms with Crippen molar-refractivity contribution in [2.24, 2.45) is 0 Å². The van der Waals surface area contributed by atoms with E-state index in [0.717, 1.165) is 19.3 Å². The van der Waals surface area contributed by atoms with Gasteiger partial charge in [0, 0.05) is 5.25 Å². The third-order valence-corrected chi connectivity index (χ3v) is 8.07. The number of carbonyl (C=O) groups is 2. The van der Waals surface area contributed by atoms with E-state index in [9.17, 15) is 22.6 Å². The van der Waals surface area contributed by atoms with Gasteiger partial charge in [-0.05, 0) is 31.9 Å². The van der Waals surface area contributed by atoms with Gasteiger partial charge < -0.3 is 14.0 Å². The zero-order valence-corrected chi connectivity index (χ0v) is 27.4. The molecule has 0 bridgehead atoms. The minimum absolute atomic E-state index is 0. The van der Waals surface area contributed by atoms with Gasteiger partial charge in [0.05, 0.1) is 34.5 Å². The van der Waals surface area contributed by atoms with Crippen LogP contribution in [0, 0.1) is 0 Å². The molecule has 9 heteroatoms. The average Bonchev–Trinajstić information content (AvgIpc) is 2.89. The number of carbonyl (C=O) groups excluding carboxylic acids is 2. The summed E-state index contributed by atoms with van der Waals surface area (Å²) in [7, 11) is -4.43. The summed E-state index contributed by atoms with van der Waals surface area (Å²) in [5, 5.41) is -1.16. The van der Waals surface area contributed by atoms with Crippen molar-refractivity contribution >= 4 is 22.1 Å². The average molecular weight is 577 g/mol. The molecule has 0 amide bonds. The largest absolute Gasteiger partial charge is 1.00 e. The van der Waals surface area contributed by atoms with Crippen LogP contribution >= 0.6 is 0 Å². The molecule has 1 aromatic carbocycles. The zero-order valence-electron chi connectivity index (χ0n) is 24.6. The number of benzene rings is 1. The molecule has 1 atom stereocenters. The van der Waals surface area contributed by atoms with Crippen molar-refractivity contribution in [2.75, 3.05) is 13.2 Å². The Morgan fingerprint density at radius 3 is 1.44 bits per heavy atom. The molecule has 1 rings (SSSR count). The topological polar surface area (TPSA) is 110 Å². The van der Waals surface area contributed by atoms with Gasteiger partial charge in [0.15, 0.2) is 0 Å². The molecule has 0 heterocycles. The van der Waals surface area contributed by atoms with Gasteiger partial charge in [0.1, 0.15) is 0 Å². The van der Waals surface area contributed by atoms with E-state index in [1.165, 1.54) is 103 Å². The Labute approximate surface area is 259 Å². The Hall–Kier alpha value is -0.930. The molecule has 0 aliphatic heterocycles. The van der Waals surface area contributed by atoms with Crippen molar-refractivity contribution in [2.45, 2.75) is 128 Å². The van der Waals surface area contributed by atoms with Crippen LogP contribution in [0.15, 0.2) is 24.3 Å². The van der Waals surface area contributed by atoms with E-state index in [0.29, 0.717) is 6.61 Å². The standard InChI is InChI=1S/C30H50O7S.Na/c1-3-4-5-6-7-8-9-10-11-12-13-14-15-16-17-20-24-36-29(31)27-21-18-19-22-28(27)30(32)37-25-23-26(2)38(33,34)35;/h18-19,21-22,26H,3-17,20,23-25H2,1-2H3,(H,33,34,35);/q;+1/p-1. The van der Waals surface area contributed by atoms with Crippen molar-refractivity contribution in [3.8, 4) is 0 Å². The number of ether oxygens (including phenoxy) is 2. The molecule has 0 aliphatic carbocycles. The van der Waals surface area contributed by atoms with Crippen LogP contribution in [0.3, 0.4) is 0 Å². The second-order valence-electron chi connectivity index (χ2n) is 10.2. The van der Waals surface area contributed by atoms with Crippen molar-refractivity contribution in [3.05, 3.63) is 35.4 Å². The van der Waals surface area contributed by atoms with Gasteiger partial charge in [0.25, 0.3) is 0 Å². The first kappa shape index (κ1) is 38.1. The molecule has 1 aromatic rings. The Kier molecular flexibility index (Phi) is 23.2. The Bertz CT molecular complexity index is 889. The molecular weight excluding hydrogens is 527 g/mol. The summed E-state index contributed by atoms with van der Waals surface area (Å²) in [6.45, 7) is 3.58. The van der Waals surface area contributed by atoms with E-state index in [4.69, 9.17) is 9.47 Å². The van der Waals surface area contributed by atoms with Gasteiger partial charge in [-0.25, -0.2) is 18.0 Å². The minimum Gasteiger partial charge on any atom is -0.748 e. The first-order valence-corrected chi connectivity index (χ1v) is 16.1. The predicted octanol–water partition coefficient (Wildman–Crippen LogP) is 4.59. The summed E-state index contributed by atoms with van der Waals surface area (Å²) in [5.41, 5.74) is 0.167. The Morgan fingerprint density at radius 1 is 0.692 bits per heavy atom. The number of unbranched alkanes of at least 4 members (excludes halogenated alkanes) is 15. The monoisotopic (exact) mass is 576 g/mol. The van der Waals surface area contributed by atoms with Gasteiger partial charge in [-0.15, -0.1) is 0 Å². The third-order valence-electron chi connectivity index (χ3n) is 6.85. The minimum atomic E-state index is -4.43. The summed E-state index contributed by atoms with van der Waals surface area (Å²) in [5.74, 6) is -1.34. The molecule has 0 saturated heterocycles. The number of esters is 2. The van der Waals surface area contributed by atoms with Crippen molar-refractivity contribution in [1.29, 1.82) is 0 Å². The van der Waals surface area contributed by atoms with E-state index in [2.05, 4.69) is 6.92 Å². The van der Waals surface area contributed by atoms with Crippen LogP contribution < -0.4 is 29.6 Å². The van der Waals surface area contributed by atoms with Crippen LogP contribution in [0.4, 0.5) is 0 Å². The van der Waals surface area contributed by atoms with Gasteiger partial charge >= 0.3 is 41.5 Å². The molecule has 39 heavy (non-hydrogen) atoms. The molecule has 0 aliphatic rings. The first-order valence-electron chi connectivity index (χ1n) is 14.6. The molecule has 7 nitrogen and oxygen atoms in total. The summed E-state index contributed by atoms with van der Waals surface area (Å²) < 4.78 is 43.3. The fraction of sp³-hybridized carbons (Fsp3) is 0.733. The van der Waals surface area contributed by atoms with E-state index >= 15 is 0 Å². The van der Waals surface area contributed by atoms with E-state index in [1.54, 1.807) is 12.1 Å². The zero-order chi connectivity index (χ0) is 28.1. The second-order valence-corrected chi connectivity index (χ2v) is 12.0. The summed E-state index contributed by atoms with van der Waals surface area (Å²) in [4.78, 5) is 24.9. The summed E-state index contributed by atoms with van der Waals surface area (Å²) >= 11 is 0. The van der Waals surface area contributed by atoms with Crippen LogP contribution in [-0.4, -0.2) is 43.4 Å². The van der Waals surface area contributed by atoms with Gasteiger partial charge in [-0.2, -0.15) is 0 Å². The normalized spacial score (nSPS) is 12.0. The van der Waals surface area contributed by atoms with Crippen LogP contribution in [0.5, 0.6) is 0 Å². The van der Waals surface area contributed by atoms with Gasteiger partial charge in [-0.3, -0.25) is 0 Å². The van der Waals surface area contributed by atoms with Crippen LogP contribution in [0.1, 0.15) is 144 Å². The quantitative estimate of drug-likeness (QED) is 0.0811. The number of hydrogen-bond acceptors (Lipinski definition) is 7. The summed E-state index contributed by atoms with van der Waals surface area (Å²) in [6, 6.07) is 6.19. The maximum atomic E-state index is 12.5. The fourth-order valence-electron chi connectivity index (χ4n) is 4.27. The first-order chi connectivity index (χ1) is 18.3. The van der Waals surface area contributed by atoms with E-state index in [-0.39, 0.29) is 53.7 Å². The predicted molar refractivity (Wildman–Crippen MR) is 150 cm³/mol. The van der Waals surface area contributed by atoms with Crippen molar-refractivity contribution in [1.82, 2.24) is 0 Å².